The Balaban J connectivity index is 1.61. The summed E-state index contributed by atoms with van der Waals surface area (Å²) in [6.07, 6.45) is 3.30. The number of amides is 1. The third-order valence-corrected chi connectivity index (χ3v) is 4.09. The molecular formula is C20H17NO3S. The van der Waals surface area contributed by atoms with Gasteiger partial charge in [-0.1, -0.05) is 12.1 Å². The van der Waals surface area contributed by atoms with Crippen molar-refractivity contribution >= 4 is 29.0 Å². The van der Waals surface area contributed by atoms with Gasteiger partial charge in [0.15, 0.2) is 11.5 Å². The molecule has 3 aromatic rings. The number of anilines is 1. The molecule has 4 nitrogen and oxygen atoms in total. The second-order valence-corrected chi connectivity index (χ2v) is 5.94. The molecule has 3 rings (SSSR count). The molecule has 25 heavy (non-hydrogen) atoms. The van der Waals surface area contributed by atoms with E-state index in [1.54, 1.807) is 48.8 Å². The fourth-order valence-electron chi connectivity index (χ4n) is 2.16. The van der Waals surface area contributed by atoms with Gasteiger partial charge in [0.25, 0.3) is 0 Å². The zero-order valence-electron chi connectivity index (χ0n) is 13.6. The molecule has 0 atom stereocenters. The van der Waals surface area contributed by atoms with Gasteiger partial charge >= 0.3 is 0 Å². The van der Waals surface area contributed by atoms with E-state index in [9.17, 15) is 4.79 Å². The number of carbonyl (C=O) groups is 1. The standard InChI is InChI=1S/C20H17NO3S/c1-23-18-4-2-3-5-19(18)24-17-9-7-16(8-10-17)21-20(22)11-6-15-12-13-25-14-15/h2-14H,1H3,(H,21,22)/b11-6+. The van der Waals surface area contributed by atoms with Gasteiger partial charge in [-0.05, 0) is 64.9 Å². The fraction of sp³-hybridized carbons (Fsp3) is 0.0500. The smallest absolute Gasteiger partial charge is 0.248 e. The van der Waals surface area contributed by atoms with Crippen LogP contribution < -0.4 is 14.8 Å². The van der Waals surface area contributed by atoms with Crippen molar-refractivity contribution in [1.82, 2.24) is 0 Å². The van der Waals surface area contributed by atoms with Gasteiger partial charge in [-0.15, -0.1) is 0 Å². The van der Waals surface area contributed by atoms with Gasteiger partial charge in [-0.25, -0.2) is 0 Å². The number of carbonyl (C=O) groups excluding carboxylic acids is 1. The molecule has 1 amide bonds. The van der Waals surface area contributed by atoms with E-state index in [0.717, 1.165) is 5.56 Å². The molecule has 0 aliphatic rings. The lowest BCUT2D eigenvalue weighted by molar-refractivity contribution is -0.111. The number of hydrogen-bond acceptors (Lipinski definition) is 4. The average Bonchev–Trinajstić information content (AvgIpc) is 3.16. The lowest BCUT2D eigenvalue weighted by Gasteiger charge is -2.10. The number of hydrogen-bond donors (Lipinski definition) is 1. The lowest BCUT2D eigenvalue weighted by atomic mass is 10.2. The number of nitrogens with one attached hydrogen (secondary N) is 1. The Hall–Kier alpha value is -3.05. The number of ether oxygens (including phenoxy) is 2. The molecule has 0 radical (unpaired) electrons. The highest BCUT2D eigenvalue weighted by molar-refractivity contribution is 7.08. The van der Waals surface area contributed by atoms with Crippen LogP contribution in [0.2, 0.25) is 0 Å². The summed E-state index contributed by atoms with van der Waals surface area (Å²) in [7, 11) is 1.60. The van der Waals surface area contributed by atoms with Crippen LogP contribution in [0.15, 0.2) is 71.4 Å². The van der Waals surface area contributed by atoms with Gasteiger partial charge in [-0.2, -0.15) is 11.3 Å². The molecule has 0 fully saturated rings. The Bertz CT molecular complexity index is 855. The molecular weight excluding hydrogens is 334 g/mol. The van der Waals surface area contributed by atoms with Crippen molar-refractivity contribution in [2.75, 3.05) is 12.4 Å². The highest BCUT2D eigenvalue weighted by Gasteiger charge is 2.05. The van der Waals surface area contributed by atoms with E-state index in [1.165, 1.54) is 6.08 Å². The summed E-state index contributed by atoms with van der Waals surface area (Å²) >= 11 is 1.59. The zero-order chi connectivity index (χ0) is 17.5. The van der Waals surface area contributed by atoms with Crippen LogP contribution in [0.1, 0.15) is 5.56 Å². The zero-order valence-corrected chi connectivity index (χ0v) is 14.5. The molecule has 2 aromatic carbocycles. The maximum absolute atomic E-state index is 11.9. The van der Waals surface area contributed by atoms with E-state index in [1.807, 2.05) is 41.1 Å². The third kappa shape index (κ3) is 4.71. The van der Waals surface area contributed by atoms with Crippen LogP contribution in [0, 0.1) is 0 Å². The largest absolute Gasteiger partial charge is 0.493 e. The fourth-order valence-corrected chi connectivity index (χ4v) is 2.79. The maximum atomic E-state index is 11.9. The second kappa shape index (κ2) is 8.17. The first-order valence-electron chi connectivity index (χ1n) is 7.67. The monoisotopic (exact) mass is 351 g/mol. The normalized spacial score (nSPS) is 10.6. The van der Waals surface area contributed by atoms with Crippen molar-refractivity contribution in [3.8, 4) is 17.2 Å². The molecule has 0 aliphatic carbocycles. The van der Waals surface area contributed by atoms with E-state index >= 15 is 0 Å². The third-order valence-electron chi connectivity index (χ3n) is 3.39. The number of rotatable bonds is 6. The van der Waals surface area contributed by atoms with Gasteiger partial charge < -0.3 is 14.8 Å². The van der Waals surface area contributed by atoms with Crippen LogP contribution in [0.25, 0.3) is 6.08 Å². The van der Waals surface area contributed by atoms with E-state index in [-0.39, 0.29) is 5.91 Å². The van der Waals surface area contributed by atoms with Crippen LogP contribution in [-0.4, -0.2) is 13.0 Å². The minimum atomic E-state index is -0.176. The van der Waals surface area contributed by atoms with Crippen LogP contribution in [0.4, 0.5) is 5.69 Å². The first-order valence-corrected chi connectivity index (χ1v) is 8.61. The molecule has 0 spiro atoms. The Kier molecular flexibility index (Phi) is 5.49. The average molecular weight is 351 g/mol. The van der Waals surface area contributed by atoms with E-state index in [4.69, 9.17) is 9.47 Å². The van der Waals surface area contributed by atoms with Crippen molar-refractivity contribution in [3.05, 3.63) is 77.0 Å². The Labute approximate surface area is 150 Å². The number of benzene rings is 2. The minimum Gasteiger partial charge on any atom is -0.493 e. The molecule has 1 N–H and O–H groups in total. The Morgan fingerprint density at radius 3 is 2.48 bits per heavy atom. The van der Waals surface area contributed by atoms with Crippen LogP contribution in [0.5, 0.6) is 17.2 Å². The van der Waals surface area contributed by atoms with Crippen molar-refractivity contribution in [1.29, 1.82) is 0 Å². The first kappa shape index (κ1) is 16.8. The van der Waals surface area contributed by atoms with Gasteiger partial charge in [0.2, 0.25) is 5.91 Å². The highest BCUT2D eigenvalue weighted by Crippen LogP contribution is 2.31. The molecule has 0 saturated carbocycles. The SMILES string of the molecule is COc1ccccc1Oc1ccc(NC(=O)/C=C/c2ccsc2)cc1. The summed E-state index contributed by atoms with van der Waals surface area (Å²) in [5, 5.41) is 6.77. The van der Waals surface area contributed by atoms with Gasteiger partial charge in [0, 0.05) is 11.8 Å². The van der Waals surface area contributed by atoms with Crippen LogP contribution >= 0.6 is 11.3 Å². The predicted octanol–water partition coefficient (Wildman–Crippen LogP) is 5.20. The molecule has 0 bridgehead atoms. The Morgan fingerprint density at radius 1 is 1.04 bits per heavy atom. The Morgan fingerprint density at radius 2 is 1.80 bits per heavy atom. The summed E-state index contributed by atoms with van der Waals surface area (Å²) in [5.74, 6) is 1.79. The summed E-state index contributed by atoms with van der Waals surface area (Å²) in [5.41, 5.74) is 1.72. The topological polar surface area (TPSA) is 47.6 Å². The predicted molar refractivity (Wildman–Crippen MR) is 101 cm³/mol. The van der Waals surface area contributed by atoms with Crippen LogP contribution in [0.3, 0.4) is 0 Å². The summed E-state index contributed by atoms with van der Waals surface area (Å²) < 4.78 is 11.1. The molecule has 5 heteroatoms. The number of thiophene rings is 1. The van der Waals surface area contributed by atoms with E-state index in [0.29, 0.717) is 22.9 Å². The summed E-state index contributed by atoms with van der Waals surface area (Å²) in [6, 6.07) is 16.6. The molecule has 0 saturated heterocycles. The summed E-state index contributed by atoms with van der Waals surface area (Å²) in [4.78, 5) is 11.9. The van der Waals surface area contributed by atoms with E-state index < -0.39 is 0 Å². The first-order chi connectivity index (χ1) is 12.2. The van der Waals surface area contributed by atoms with Crippen molar-refractivity contribution < 1.29 is 14.3 Å². The second-order valence-electron chi connectivity index (χ2n) is 5.16. The van der Waals surface area contributed by atoms with Crippen molar-refractivity contribution in [2.45, 2.75) is 0 Å². The summed E-state index contributed by atoms with van der Waals surface area (Å²) in [6.45, 7) is 0. The molecule has 0 aliphatic heterocycles. The number of para-hydroxylation sites is 2. The van der Waals surface area contributed by atoms with Crippen LogP contribution in [-0.2, 0) is 4.79 Å². The molecule has 1 aromatic heterocycles. The van der Waals surface area contributed by atoms with E-state index in [2.05, 4.69) is 5.32 Å². The maximum Gasteiger partial charge on any atom is 0.248 e. The van der Waals surface area contributed by atoms with Crippen molar-refractivity contribution in [3.63, 3.8) is 0 Å². The highest BCUT2D eigenvalue weighted by atomic mass is 32.1. The molecule has 1 heterocycles. The van der Waals surface area contributed by atoms with Gasteiger partial charge in [-0.3, -0.25) is 4.79 Å². The quantitative estimate of drug-likeness (QED) is 0.621. The molecule has 0 unspecified atom stereocenters. The van der Waals surface area contributed by atoms with Gasteiger partial charge in [0.05, 0.1) is 7.11 Å². The minimum absolute atomic E-state index is 0.176. The van der Waals surface area contributed by atoms with Crippen molar-refractivity contribution in [2.24, 2.45) is 0 Å². The lowest BCUT2D eigenvalue weighted by Crippen LogP contribution is -2.07. The molecule has 126 valence electrons. The van der Waals surface area contributed by atoms with Gasteiger partial charge in [0.1, 0.15) is 5.75 Å². The number of methoxy groups -OCH3 is 1.